The zero-order valence-electron chi connectivity index (χ0n) is 14.9. The molecular weight excluding hydrogens is 352 g/mol. The number of ether oxygens (including phenoxy) is 2. The molecule has 1 amide bonds. The molecule has 1 aliphatic rings. The molecule has 0 saturated carbocycles. The van der Waals surface area contributed by atoms with Gasteiger partial charge in [-0.05, 0) is 43.5 Å². The zero-order valence-corrected chi connectivity index (χ0v) is 15.7. The van der Waals surface area contributed by atoms with Gasteiger partial charge in [0, 0.05) is 25.3 Å². The van der Waals surface area contributed by atoms with E-state index in [1.54, 1.807) is 0 Å². The summed E-state index contributed by atoms with van der Waals surface area (Å²) < 4.78 is 11.3. The fourth-order valence-electron chi connectivity index (χ4n) is 2.87. The van der Waals surface area contributed by atoms with Crippen LogP contribution >= 0.6 is 12.4 Å². The first kappa shape index (κ1) is 20.2. The number of carbonyl (C=O) groups excluding carboxylic acids is 1. The second kappa shape index (κ2) is 9.03. The Labute approximate surface area is 160 Å². The molecule has 0 atom stereocenters. The van der Waals surface area contributed by atoms with E-state index in [-0.39, 0.29) is 18.3 Å². The van der Waals surface area contributed by atoms with E-state index >= 15 is 0 Å². The molecule has 3 rings (SSSR count). The highest BCUT2D eigenvalue weighted by Crippen LogP contribution is 2.26. The van der Waals surface area contributed by atoms with Gasteiger partial charge in [0.15, 0.2) is 0 Å². The Balaban J connectivity index is 0.00000243. The lowest BCUT2D eigenvalue weighted by Gasteiger charge is -2.31. The van der Waals surface area contributed by atoms with Crippen LogP contribution in [-0.2, 0) is 16.1 Å². The molecule has 0 spiro atoms. The highest BCUT2D eigenvalue weighted by Gasteiger charge is 2.35. The SMILES string of the molecule is Cc1cccc(Oc2ccccc2CNC(=O)C2(N)CCOCC2)c1.Cl. The minimum absolute atomic E-state index is 0. The Hall–Kier alpha value is -2.08. The van der Waals surface area contributed by atoms with E-state index in [2.05, 4.69) is 5.32 Å². The summed E-state index contributed by atoms with van der Waals surface area (Å²) in [6.45, 7) is 3.45. The summed E-state index contributed by atoms with van der Waals surface area (Å²) in [6.07, 6.45) is 1.08. The smallest absolute Gasteiger partial charge is 0.240 e. The molecule has 2 aromatic rings. The third-order valence-electron chi connectivity index (χ3n) is 4.47. The number of rotatable bonds is 5. The van der Waals surface area contributed by atoms with E-state index in [9.17, 15) is 4.79 Å². The number of hydrogen-bond acceptors (Lipinski definition) is 4. The zero-order chi connectivity index (χ0) is 17.7. The third-order valence-corrected chi connectivity index (χ3v) is 4.47. The van der Waals surface area contributed by atoms with Gasteiger partial charge in [0.1, 0.15) is 11.5 Å². The van der Waals surface area contributed by atoms with Gasteiger partial charge in [-0.15, -0.1) is 12.4 Å². The van der Waals surface area contributed by atoms with Crippen LogP contribution in [-0.4, -0.2) is 24.7 Å². The molecular formula is C20H25ClN2O3. The molecule has 1 saturated heterocycles. The summed E-state index contributed by atoms with van der Waals surface area (Å²) in [5.74, 6) is 1.37. The topological polar surface area (TPSA) is 73.6 Å². The molecule has 1 aliphatic heterocycles. The molecule has 1 heterocycles. The minimum atomic E-state index is -0.843. The van der Waals surface area contributed by atoms with Crippen LogP contribution < -0.4 is 15.8 Å². The van der Waals surface area contributed by atoms with E-state index in [4.69, 9.17) is 15.2 Å². The highest BCUT2D eigenvalue weighted by atomic mass is 35.5. The Morgan fingerprint density at radius 1 is 1.19 bits per heavy atom. The van der Waals surface area contributed by atoms with Gasteiger partial charge in [-0.25, -0.2) is 0 Å². The van der Waals surface area contributed by atoms with Gasteiger partial charge in [-0.2, -0.15) is 0 Å². The van der Waals surface area contributed by atoms with Crippen LogP contribution in [0.15, 0.2) is 48.5 Å². The van der Waals surface area contributed by atoms with Crippen LogP contribution in [0, 0.1) is 6.92 Å². The molecule has 6 heteroatoms. The molecule has 0 radical (unpaired) electrons. The normalized spacial score (nSPS) is 15.6. The van der Waals surface area contributed by atoms with Crippen molar-refractivity contribution in [3.63, 3.8) is 0 Å². The van der Waals surface area contributed by atoms with Crippen LogP contribution in [0.5, 0.6) is 11.5 Å². The predicted molar refractivity (Wildman–Crippen MR) is 104 cm³/mol. The maximum atomic E-state index is 12.5. The van der Waals surface area contributed by atoms with Crippen molar-refractivity contribution < 1.29 is 14.3 Å². The van der Waals surface area contributed by atoms with Crippen LogP contribution in [0.2, 0.25) is 0 Å². The molecule has 0 aromatic heterocycles. The fourth-order valence-corrected chi connectivity index (χ4v) is 2.87. The largest absolute Gasteiger partial charge is 0.457 e. The van der Waals surface area contributed by atoms with E-state index < -0.39 is 5.54 Å². The first-order valence-corrected chi connectivity index (χ1v) is 8.54. The second-order valence-electron chi connectivity index (χ2n) is 6.48. The molecule has 140 valence electrons. The average molecular weight is 377 g/mol. The Morgan fingerprint density at radius 2 is 1.92 bits per heavy atom. The number of para-hydroxylation sites is 1. The first-order chi connectivity index (χ1) is 12.1. The van der Waals surface area contributed by atoms with Crippen molar-refractivity contribution in [1.82, 2.24) is 5.32 Å². The van der Waals surface area contributed by atoms with E-state index in [1.807, 2.05) is 55.5 Å². The maximum Gasteiger partial charge on any atom is 0.240 e. The quantitative estimate of drug-likeness (QED) is 0.839. The van der Waals surface area contributed by atoms with Gasteiger partial charge in [-0.1, -0.05) is 30.3 Å². The van der Waals surface area contributed by atoms with Crippen LogP contribution in [0.1, 0.15) is 24.0 Å². The van der Waals surface area contributed by atoms with Crippen LogP contribution in [0.4, 0.5) is 0 Å². The van der Waals surface area contributed by atoms with E-state index in [0.717, 1.165) is 22.6 Å². The third kappa shape index (κ3) is 4.97. The van der Waals surface area contributed by atoms with Gasteiger partial charge >= 0.3 is 0 Å². The number of nitrogens with two attached hydrogens (primary N) is 1. The molecule has 5 nitrogen and oxygen atoms in total. The molecule has 0 unspecified atom stereocenters. The van der Waals surface area contributed by atoms with Crippen LogP contribution in [0.3, 0.4) is 0 Å². The number of halogens is 1. The van der Waals surface area contributed by atoms with Gasteiger partial charge < -0.3 is 20.5 Å². The van der Waals surface area contributed by atoms with Gasteiger partial charge in [-0.3, -0.25) is 4.79 Å². The maximum absolute atomic E-state index is 12.5. The summed E-state index contributed by atoms with van der Waals surface area (Å²) >= 11 is 0. The Kier molecular flexibility index (Phi) is 7.03. The lowest BCUT2D eigenvalue weighted by molar-refractivity contribution is -0.129. The molecule has 1 fully saturated rings. The Morgan fingerprint density at radius 3 is 2.65 bits per heavy atom. The minimum Gasteiger partial charge on any atom is -0.457 e. The van der Waals surface area contributed by atoms with Crippen molar-refractivity contribution in [2.75, 3.05) is 13.2 Å². The summed E-state index contributed by atoms with van der Waals surface area (Å²) in [5, 5.41) is 2.95. The van der Waals surface area contributed by atoms with Gasteiger partial charge in [0.05, 0.1) is 5.54 Å². The number of amides is 1. The van der Waals surface area contributed by atoms with Crippen molar-refractivity contribution >= 4 is 18.3 Å². The highest BCUT2D eigenvalue weighted by molar-refractivity contribution is 5.86. The molecule has 3 N–H and O–H groups in total. The van der Waals surface area contributed by atoms with Gasteiger partial charge in [0.25, 0.3) is 0 Å². The molecule has 2 aromatic carbocycles. The first-order valence-electron chi connectivity index (χ1n) is 8.54. The fraction of sp³-hybridized carbons (Fsp3) is 0.350. The van der Waals surface area contributed by atoms with Crippen molar-refractivity contribution in [2.45, 2.75) is 31.8 Å². The van der Waals surface area contributed by atoms with Crippen molar-refractivity contribution in [1.29, 1.82) is 0 Å². The van der Waals surface area contributed by atoms with Crippen LogP contribution in [0.25, 0.3) is 0 Å². The standard InChI is InChI=1S/C20H24N2O3.ClH/c1-15-5-4-7-17(13-15)25-18-8-3-2-6-16(18)14-22-19(23)20(21)9-11-24-12-10-20;/h2-8,13H,9-12,14,21H2,1H3,(H,22,23);1H. The summed E-state index contributed by atoms with van der Waals surface area (Å²) in [5.41, 5.74) is 7.42. The molecule has 26 heavy (non-hydrogen) atoms. The molecule has 0 aliphatic carbocycles. The monoisotopic (exact) mass is 376 g/mol. The number of aryl methyl sites for hydroxylation is 1. The number of benzene rings is 2. The molecule has 0 bridgehead atoms. The number of hydrogen-bond donors (Lipinski definition) is 2. The number of nitrogens with one attached hydrogen (secondary N) is 1. The lowest BCUT2D eigenvalue weighted by Crippen LogP contribution is -2.56. The second-order valence-corrected chi connectivity index (χ2v) is 6.48. The predicted octanol–water partition coefficient (Wildman–Crippen LogP) is 3.33. The van der Waals surface area contributed by atoms with Crippen molar-refractivity contribution in [3.05, 3.63) is 59.7 Å². The van der Waals surface area contributed by atoms with E-state index in [1.165, 1.54) is 0 Å². The van der Waals surface area contributed by atoms with E-state index in [0.29, 0.717) is 32.6 Å². The summed E-state index contributed by atoms with van der Waals surface area (Å²) in [7, 11) is 0. The Bertz CT molecular complexity index is 745. The van der Waals surface area contributed by atoms with Crippen molar-refractivity contribution in [2.24, 2.45) is 5.73 Å². The number of carbonyl (C=O) groups is 1. The van der Waals surface area contributed by atoms with Crippen molar-refractivity contribution in [3.8, 4) is 11.5 Å². The van der Waals surface area contributed by atoms with Gasteiger partial charge in [0.2, 0.25) is 5.91 Å². The summed E-state index contributed by atoms with van der Waals surface area (Å²) in [6, 6.07) is 15.6. The summed E-state index contributed by atoms with van der Waals surface area (Å²) in [4.78, 5) is 12.5. The lowest BCUT2D eigenvalue weighted by atomic mass is 9.90. The average Bonchev–Trinajstić information content (AvgIpc) is 2.61.